The maximum Gasteiger partial charge on any atom is 0.323 e. The van der Waals surface area contributed by atoms with Crippen LogP contribution in [0.1, 0.15) is 17.0 Å². The van der Waals surface area contributed by atoms with Crippen LogP contribution in [0.25, 0.3) is 0 Å². The van der Waals surface area contributed by atoms with E-state index in [0.717, 1.165) is 11.1 Å². The van der Waals surface area contributed by atoms with Gasteiger partial charge < -0.3 is 14.6 Å². The molecule has 3 rings (SSSR count). The lowest BCUT2D eigenvalue weighted by Gasteiger charge is -2.12. The first-order valence-corrected chi connectivity index (χ1v) is 6.44. The Bertz CT molecular complexity index is 622. The number of fused-ring (bicyclic) bond motifs is 1. The highest BCUT2D eigenvalue weighted by molar-refractivity contribution is 5.90. The molecule has 0 fully saturated rings. The molecule has 0 radical (unpaired) electrons. The highest BCUT2D eigenvalue weighted by Gasteiger charge is 2.37. The molecule has 1 unspecified atom stereocenters. The van der Waals surface area contributed by atoms with Gasteiger partial charge in [0.2, 0.25) is 0 Å². The van der Waals surface area contributed by atoms with Crippen LogP contribution < -0.4 is 9.47 Å². The van der Waals surface area contributed by atoms with Crippen LogP contribution in [-0.2, 0) is 4.79 Å². The van der Waals surface area contributed by atoms with E-state index in [2.05, 4.69) is 0 Å². The molecule has 102 valence electrons. The van der Waals surface area contributed by atoms with Crippen molar-refractivity contribution >= 4 is 5.97 Å². The van der Waals surface area contributed by atoms with E-state index < -0.39 is 5.92 Å². The zero-order valence-corrected chi connectivity index (χ0v) is 10.8. The molecule has 0 saturated carbocycles. The van der Waals surface area contributed by atoms with Crippen LogP contribution in [0.4, 0.5) is 0 Å². The number of benzene rings is 2. The van der Waals surface area contributed by atoms with Crippen LogP contribution in [-0.4, -0.2) is 24.3 Å². The number of hydrogen-bond acceptors (Lipinski definition) is 4. The first-order valence-electron chi connectivity index (χ1n) is 6.44. The molecule has 1 N–H and O–H groups in total. The average molecular weight is 270 g/mol. The fourth-order valence-electron chi connectivity index (χ4n) is 2.41. The number of carbonyl (C=O) groups excluding carboxylic acids is 1. The molecule has 20 heavy (non-hydrogen) atoms. The van der Waals surface area contributed by atoms with Gasteiger partial charge in [0, 0.05) is 0 Å². The molecule has 2 aromatic rings. The van der Waals surface area contributed by atoms with E-state index in [9.17, 15) is 4.79 Å². The van der Waals surface area contributed by atoms with Crippen LogP contribution >= 0.6 is 0 Å². The van der Waals surface area contributed by atoms with Gasteiger partial charge in [-0.3, -0.25) is 4.79 Å². The standard InChI is InChI=1S/C16H14O4/c17-9-10-19-12-7-4-8-13-15(12)14(16(18)20-13)11-5-2-1-3-6-11/h1-8,14,17H,9-10H2. The largest absolute Gasteiger partial charge is 0.491 e. The second kappa shape index (κ2) is 5.35. The molecule has 0 aromatic heterocycles. The Kier molecular flexibility index (Phi) is 3.39. The van der Waals surface area contributed by atoms with Gasteiger partial charge in [0.05, 0.1) is 12.2 Å². The first-order chi connectivity index (χ1) is 9.81. The Morgan fingerprint density at radius 3 is 2.65 bits per heavy atom. The molecule has 0 bridgehead atoms. The Labute approximate surface area is 116 Å². The van der Waals surface area contributed by atoms with Gasteiger partial charge in [0.25, 0.3) is 0 Å². The zero-order valence-electron chi connectivity index (χ0n) is 10.8. The molecule has 1 atom stereocenters. The van der Waals surface area contributed by atoms with Gasteiger partial charge in [-0.05, 0) is 17.7 Å². The Balaban J connectivity index is 2.06. The van der Waals surface area contributed by atoms with Crippen molar-refractivity contribution in [3.05, 3.63) is 59.7 Å². The molecule has 0 spiro atoms. The fourth-order valence-corrected chi connectivity index (χ4v) is 2.41. The smallest absolute Gasteiger partial charge is 0.323 e. The molecular formula is C16H14O4. The quantitative estimate of drug-likeness (QED) is 0.683. The van der Waals surface area contributed by atoms with Crippen molar-refractivity contribution in [2.24, 2.45) is 0 Å². The number of ether oxygens (including phenoxy) is 2. The third kappa shape index (κ3) is 2.14. The summed E-state index contributed by atoms with van der Waals surface area (Å²) in [5.41, 5.74) is 1.61. The summed E-state index contributed by atoms with van der Waals surface area (Å²) in [7, 11) is 0. The maximum absolute atomic E-state index is 12.1. The lowest BCUT2D eigenvalue weighted by atomic mass is 9.92. The normalized spacial score (nSPS) is 16.6. The first kappa shape index (κ1) is 12.7. The van der Waals surface area contributed by atoms with E-state index in [1.807, 2.05) is 30.3 Å². The third-order valence-corrected chi connectivity index (χ3v) is 3.24. The number of aliphatic hydroxyl groups is 1. The lowest BCUT2D eigenvalue weighted by Crippen LogP contribution is -2.12. The van der Waals surface area contributed by atoms with Crippen molar-refractivity contribution in [1.82, 2.24) is 0 Å². The summed E-state index contributed by atoms with van der Waals surface area (Å²) in [6.45, 7) is 0.112. The Morgan fingerprint density at radius 1 is 1.10 bits per heavy atom. The van der Waals surface area contributed by atoms with Crippen LogP contribution in [0.3, 0.4) is 0 Å². The van der Waals surface area contributed by atoms with Crippen molar-refractivity contribution < 1.29 is 19.4 Å². The van der Waals surface area contributed by atoms with Gasteiger partial charge in [-0.1, -0.05) is 36.4 Å². The monoisotopic (exact) mass is 270 g/mol. The lowest BCUT2D eigenvalue weighted by molar-refractivity contribution is -0.133. The summed E-state index contributed by atoms with van der Waals surface area (Å²) in [4.78, 5) is 12.1. The summed E-state index contributed by atoms with van der Waals surface area (Å²) in [6.07, 6.45) is 0. The number of rotatable bonds is 4. The second-order valence-electron chi connectivity index (χ2n) is 4.50. The predicted octanol–water partition coefficient (Wildman–Crippen LogP) is 2.11. The van der Waals surface area contributed by atoms with Crippen molar-refractivity contribution in [1.29, 1.82) is 0 Å². The number of aliphatic hydroxyl groups excluding tert-OH is 1. The van der Waals surface area contributed by atoms with E-state index >= 15 is 0 Å². The van der Waals surface area contributed by atoms with Gasteiger partial charge in [0.1, 0.15) is 24.0 Å². The van der Waals surface area contributed by atoms with Crippen molar-refractivity contribution in [3.63, 3.8) is 0 Å². The predicted molar refractivity (Wildman–Crippen MR) is 72.9 cm³/mol. The number of carbonyl (C=O) groups is 1. The molecule has 0 aliphatic carbocycles. The molecule has 1 heterocycles. The van der Waals surface area contributed by atoms with Gasteiger partial charge in [-0.15, -0.1) is 0 Å². The topological polar surface area (TPSA) is 55.8 Å². The van der Waals surface area contributed by atoms with E-state index in [-0.39, 0.29) is 19.2 Å². The van der Waals surface area contributed by atoms with Crippen molar-refractivity contribution in [2.75, 3.05) is 13.2 Å². The number of esters is 1. The molecular weight excluding hydrogens is 256 g/mol. The summed E-state index contributed by atoms with van der Waals surface area (Å²) < 4.78 is 10.8. The molecule has 4 nitrogen and oxygen atoms in total. The van der Waals surface area contributed by atoms with Crippen molar-refractivity contribution in [2.45, 2.75) is 5.92 Å². The van der Waals surface area contributed by atoms with Crippen molar-refractivity contribution in [3.8, 4) is 11.5 Å². The van der Waals surface area contributed by atoms with E-state index in [4.69, 9.17) is 14.6 Å². The SMILES string of the molecule is O=C1Oc2cccc(OCCO)c2C1c1ccccc1. The van der Waals surface area contributed by atoms with E-state index in [1.54, 1.807) is 18.2 Å². The second-order valence-corrected chi connectivity index (χ2v) is 4.50. The minimum Gasteiger partial charge on any atom is -0.491 e. The van der Waals surface area contributed by atoms with Gasteiger partial charge >= 0.3 is 5.97 Å². The van der Waals surface area contributed by atoms with Crippen LogP contribution in [0.15, 0.2) is 48.5 Å². The fraction of sp³-hybridized carbons (Fsp3) is 0.188. The molecule has 1 aliphatic rings. The Hall–Kier alpha value is -2.33. The highest BCUT2D eigenvalue weighted by atomic mass is 16.5. The molecule has 1 aliphatic heterocycles. The summed E-state index contributed by atoms with van der Waals surface area (Å²) in [5.74, 6) is 0.336. The third-order valence-electron chi connectivity index (χ3n) is 3.24. The van der Waals surface area contributed by atoms with Gasteiger partial charge in [-0.2, -0.15) is 0 Å². The average Bonchev–Trinajstić information content (AvgIpc) is 2.82. The van der Waals surface area contributed by atoms with Crippen LogP contribution in [0.5, 0.6) is 11.5 Å². The zero-order chi connectivity index (χ0) is 13.9. The van der Waals surface area contributed by atoms with E-state index in [1.165, 1.54) is 0 Å². The Morgan fingerprint density at radius 2 is 1.90 bits per heavy atom. The molecule has 0 saturated heterocycles. The molecule has 4 heteroatoms. The van der Waals surface area contributed by atoms with Gasteiger partial charge in [0.15, 0.2) is 0 Å². The summed E-state index contributed by atoms with van der Waals surface area (Å²) in [5, 5.41) is 8.89. The van der Waals surface area contributed by atoms with Crippen LogP contribution in [0.2, 0.25) is 0 Å². The highest BCUT2D eigenvalue weighted by Crippen LogP contribution is 2.44. The van der Waals surface area contributed by atoms with E-state index in [0.29, 0.717) is 11.5 Å². The minimum absolute atomic E-state index is 0.0749. The maximum atomic E-state index is 12.1. The molecule has 2 aromatic carbocycles. The van der Waals surface area contributed by atoms with Gasteiger partial charge in [-0.25, -0.2) is 0 Å². The minimum atomic E-state index is -0.471. The van der Waals surface area contributed by atoms with Crippen LogP contribution in [0, 0.1) is 0 Å². The summed E-state index contributed by atoms with van der Waals surface area (Å²) in [6, 6.07) is 14.8. The molecule has 0 amide bonds. The number of hydrogen-bond donors (Lipinski definition) is 1. The summed E-state index contributed by atoms with van der Waals surface area (Å²) >= 11 is 0.